The molecule has 4 aromatic carbocycles. The summed E-state index contributed by atoms with van der Waals surface area (Å²) in [6.07, 6.45) is 5.33. The van der Waals surface area contributed by atoms with E-state index in [2.05, 4.69) is 25.4 Å². The van der Waals surface area contributed by atoms with Gasteiger partial charge < -0.3 is 30.3 Å². The first kappa shape index (κ1) is 51.1. The molecule has 5 heterocycles. The van der Waals surface area contributed by atoms with Crippen LogP contribution in [-0.2, 0) is 22.2 Å². The van der Waals surface area contributed by atoms with Crippen LogP contribution in [0.25, 0.3) is 22.0 Å². The first-order valence-electron chi connectivity index (χ1n) is 25.0. The Morgan fingerprint density at radius 3 is 2.26 bits per heavy atom. The average molecular weight is 1050 g/mol. The molecule has 3 saturated heterocycles. The van der Waals surface area contributed by atoms with Crippen molar-refractivity contribution in [3.63, 3.8) is 0 Å². The molecule has 0 unspecified atom stereocenters. The zero-order chi connectivity index (χ0) is 52.3. The molecule has 14 nitrogen and oxygen atoms in total. The Morgan fingerprint density at radius 2 is 1.59 bits per heavy atom. The fourth-order valence-electron chi connectivity index (χ4n) is 12.2. The molecule has 1 aromatic heterocycles. The monoisotopic (exact) mass is 1050 g/mol. The third-order valence-corrected chi connectivity index (χ3v) is 16.4. The van der Waals surface area contributed by atoms with Crippen LogP contribution in [0, 0.1) is 29.2 Å². The zero-order valence-corrected chi connectivity index (χ0v) is 41.4. The molecule has 74 heavy (non-hydrogen) atoms. The molecule has 1 saturated carbocycles. The second-order valence-electron chi connectivity index (χ2n) is 20.1. The number of aryl methyl sites for hydroxylation is 1. The van der Waals surface area contributed by atoms with Gasteiger partial charge >= 0.3 is 12.6 Å². The summed E-state index contributed by atoms with van der Waals surface area (Å²) in [5.74, 6) is -7.16. The summed E-state index contributed by atoms with van der Waals surface area (Å²) in [5, 5.41) is 9.82. The number of hydrogen-bond acceptors (Lipinski definition) is 9. The third kappa shape index (κ3) is 9.20. The van der Waals surface area contributed by atoms with Crippen LogP contribution in [0.5, 0.6) is 11.5 Å². The molecule has 392 valence electrons. The van der Waals surface area contributed by atoms with Crippen LogP contribution in [0.4, 0.5) is 37.0 Å². The summed E-state index contributed by atoms with van der Waals surface area (Å²) in [6.45, 7) is 1.12. The number of anilines is 1. The van der Waals surface area contributed by atoms with Gasteiger partial charge in [-0.15, -0.1) is 0 Å². The number of hydrogen-bond donors (Lipinski definition) is 3. The van der Waals surface area contributed by atoms with Gasteiger partial charge in [-0.25, -0.2) is 22.4 Å². The van der Waals surface area contributed by atoms with Crippen molar-refractivity contribution in [2.45, 2.75) is 101 Å². The highest BCUT2D eigenvalue weighted by Crippen LogP contribution is 2.57. The predicted molar refractivity (Wildman–Crippen MR) is 262 cm³/mol. The topological polar surface area (TPSA) is 164 Å². The van der Waals surface area contributed by atoms with Gasteiger partial charge in [-0.05, 0) is 94.1 Å². The van der Waals surface area contributed by atoms with Gasteiger partial charge in [-0.3, -0.25) is 29.3 Å². The molecule has 10 rings (SSSR count). The number of aromatic nitrogens is 2. The highest BCUT2D eigenvalue weighted by atomic mass is 35.5. The highest BCUT2D eigenvalue weighted by molar-refractivity contribution is 6.34. The largest absolute Gasteiger partial charge is 0.480 e. The summed E-state index contributed by atoms with van der Waals surface area (Å²) >= 11 is 6.61. The lowest BCUT2D eigenvalue weighted by atomic mass is 9.77. The Bertz CT molecular complexity index is 3030. The van der Waals surface area contributed by atoms with E-state index in [4.69, 9.17) is 22.1 Å². The molecule has 4 fully saturated rings. The molecular weight excluding hydrogens is 994 g/mol. The average Bonchev–Trinajstić information content (AvgIpc) is 3.88. The van der Waals surface area contributed by atoms with E-state index >= 15 is 17.6 Å². The van der Waals surface area contributed by atoms with Crippen LogP contribution in [0.2, 0.25) is 5.02 Å². The minimum atomic E-state index is -3.40. The number of nitrogens with two attached hydrogens (primary N) is 1. The van der Waals surface area contributed by atoms with Gasteiger partial charge in [0.1, 0.15) is 22.9 Å². The minimum absolute atomic E-state index is 0.0132. The quantitative estimate of drug-likeness (QED) is 0.104. The fourth-order valence-corrected chi connectivity index (χ4v) is 12.5. The van der Waals surface area contributed by atoms with Crippen molar-refractivity contribution in [1.82, 2.24) is 30.2 Å². The summed E-state index contributed by atoms with van der Waals surface area (Å²) < 4.78 is 103. The molecule has 4 aliphatic heterocycles. The molecule has 5 aromatic rings. The maximum Gasteiger partial charge on any atom is 0.387 e. The molecule has 0 radical (unpaired) electrons. The van der Waals surface area contributed by atoms with Gasteiger partial charge in [0, 0.05) is 91.9 Å². The van der Waals surface area contributed by atoms with Crippen LogP contribution < -0.4 is 30.7 Å². The summed E-state index contributed by atoms with van der Waals surface area (Å²) in [4.78, 5) is 56.5. The fraction of sp³-hybridized carbons (Fsp3) is 0.453. The van der Waals surface area contributed by atoms with E-state index in [1.165, 1.54) is 15.6 Å². The van der Waals surface area contributed by atoms with E-state index in [0.29, 0.717) is 70.3 Å². The van der Waals surface area contributed by atoms with Gasteiger partial charge in [-0.1, -0.05) is 48.9 Å². The van der Waals surface area contributed by atoms with Crippen molar-refractivity contribution in [2.75, 3.05) is 44.2 Å². The normalized spacial score (nSPS) is 23.1. The second kappa shape index (κ2) is 20.4. The number of alkyl halides is 2. The second-order valence-corrected chi connectivity index (χ2v) is 20.4. The van der Waals surface area contributed by atoms with Gasteiger partial charge in [-0.2, -0.15) is 13.9 Å². The van der Waals surface area contributed by atoms with E-state index in [-0.39, 0.29) is 88.5 Å². The molecule has 1 aliphatic carbocycles. The number of nitrogens with zero attached hydrogens (tertiary/aromatic N) is 5. The number of fused-ring (bicyclic) bond motifs is 2. The van der Waals surface area contributed by atoms with Gasteiger partial charge in [0.2, 0.25) is 17.7 Å². The van der Waals surface area contributed by atoms with Crippen LogP contribution in [0.15, 0.2) is 54.6 Å². The van der Waals surface area contributed by atoms with Gasteiger partial charge in [0.15, 0.2) is 28.8 Å². The van der Waals surface area contributed by atoms with Crippen molar-refractivity contribution in [1.29, 1.82) is 0 Å². The van der Waals surface area contributed by atoms with Crippen LogP contribution in [-0.4, -0.2) is 101 Å². The van der Waals surface area contributed by atoms with E-state index in [9.17, 15) is 28.0 Å². The van der Waals surface area contributed by atoms with Crippen molar-refractivity contribution in [2.24, 2.45) is 18.7 Å². The number of imide groups is 1. The van der Waals surface area contributed by atoms with Crippen LogP contribution >= 0.6 is 11.6 Å². The van der Waals surface area contributed by atoms with Crippen molar-refractivity contribution in [3.05, 3.63) is 105 Å². The van der Waals surface area contributed by atoms with Crippen LogP contribution in [0.3, 0.4) is 0 Å². The Labute approximate surface area is 427 Å². The van der Waals surface area contributed by atoms with Gasteiger partial charge in [0.05, 0.1) is 16.0 Å². The molecular formula is C53H55ClF6N8O6. The number of amides is 5. The van der Waals surface area contributed by atoms with Gasteiger partial charge in [0.25, 0.3) is 0 Å². The first-order chi connectivity index (χ1) is 35.4. The molecule has 0 spiro atoms. The van der Waals surface area contributed by atoms with E-state index < -0.39 is 81.1 Å². The van der Waals surface area contributed by atoms with Crippen molar-refractivity contribution in [3.8, 4) is 22.6 Å². The summed E-state index contributed by atoms with van der Waals surface area (Å²) in [6, 6.07) is 12.9. The smallest absolute Gasteiger partial charge is 0.387 e. The Hall–Kier alpha value is -6.38. The number of urea groups is 1. The number of carbonyl (C=O) groups is 4. The molecule has 4 N–H and O–H groups in total. The Morgan fingerprint density at radius 1 is 0.892 bits per heavy atom. The number of rotatable bonds is 12. The van der Waals surface area contributed by atoms with E-state index in [1.54, 1.807) is 14.0 Å². The standard InChI is InChI=1S/C53H55ClF6N8O6/c1-27-40-38(25-36(56)44(54)43(40)42-33(48(61)70)12-13-37(45(42)57)73-51(59)60)74-53(27,30-6-4-3-5-7-30)26-62-31-10-8-29(9-11-31)50(71)67-21-16-32(17-22-67)66-19-14-28(15-20-66)41-35(55)24-34-47(46(41)58)65(2)64-49(34)68-23-18-39(69)63-52(68)72/h3-7,12-13,24-25,27-29,31-32,51,62H,8-11,14-23,26H2,1-2H3,(H2,61,70)(H,63,69,72)/t27-,29?,31?,53-/m0/s1. The molecule has 0 bridgehead atoms. The lowest BCUT2D eigenvalue weighted by molar-refractivity contribution is -0.138. The Balaban J connectivity index is 0.759. The molecule has 2 atom stereocenters. The number of likely N-dealkylation sites (tertiary alicyclic amines) is 2. The molecule has 5 aliphatic rings. The van der Waals surface area contributed by atoms with Crippen molar-refractivity contribution < 1.29 is 55.0 Å². The lowest BCUT2D eigenvalue weighted by Crippen LogP contribution is -2.51. The summed E-state index contributed by atoms with van der Waals surface area (Å²) in [7, 11) is 1.54. The number of primary amides is 1. The zero-order valence-electron chi connectivity index (χ0n) is 40.7. The third-order valence-electron chi connectivity index (χ3n) is 16.1. The lowest BCUT2D eigenvalue weighted by Gasteiger charge is -2.43. The number of benzene rings is 4. The maximum absolute atomic E-state index is 16.3. The summed E-state index contributed by atoms with van der Waals surface area (Å²) in [5.41, 5.74) is 4.19. The van der Waals surface area contributed by atoms with E-state index in [1.807, 2.05) is 35.2 Å². The number of ether oxygens (including phenoxy) is 2. The SMILES string of the molecule is C[C@H]1c2c(cc(F)c(Cl)c2-c2c(C(N)=O)ccc(OC(F)F)c2F)O[C@]1(CNC1CCC(C(=O)N2CCC(N3CCC(c4c(F)cc5c(N6CCC(=O)NC6=O)nn(C)c5c4F)CC3)CC2)CC1)c1ccccc1. The Kier molecular flexibility index (Phi) is 14.1. The van der Waals surface area contributed by atoms with Crippen molar-refractivity contribution >= 4 is 52.1 Å². The highest BCUT2D eigenvalue weighted by Gasteiger charge is 2.50. The predicted octanol–water partition coefficient (Wildman–Crippen LogP) is 9.01. The molecule has 21 heteroatoms. The van der Waals surface area contributed by atoms with E-state index in [0.717, 1.165) is 31.0 Å². The first-order valence-corrected chi connectivity index (χ1v) is 25.4. The minimum Gasteiger partial charge on any atom is -0.480 e. The maximum atomic E-state index is 16.3. The van der Waals surface area contributed by atoms with Crippen LogP contribution in [0.1, 0.15) is 104 Å². The number of nitrogens with one attached hydrogen (secondary N) is 2. The molecule has 5 amide bonds. The number of piperidine rings is 2. The number of carbonyl (C=O) groups excluding carboxylic acids is 4. The number of halogens is 7.